The number of nitrogens with two attached hydrogens (primary N) is 1. The van der Waals surface area contributed by atoms with Gasteiger partial charge in [-0.1, -0.05) is 19.1 Å². The number of benzene rings is 1. The highest BCUT2D eigenvalue weighted by atomic mass is 32.2. The first-order valence-electron chi connectivity index (χ1n) is 4.96. The molecule has 1 aromatic carbocycles. The normalized spacial score (nSPS) is 13.1. The topological polar surface area (TPSA) is 83.9 Å². The van der Waals surface area contributed by atoms with Gasteiger partial charge in [-0.15, -0.1) is 0 Å². The molecule has 0 radical (unpaired) electrons. The Labute approximate surface area is 95.6 Å². The van der Waals surface area contributed by atoms with Crippen LogP contribution in [0.15, 0.2) is 29.2 Å². The van der Waals surface area contributed by atoms with Crippen molar-refractivity contribution >= 4 is 9.84 Å². The highest BCUT2D eigenvalue weighted by molar-refractivity contribution is 7.91. The van der Waals surface area contributed by atoms with Crippen molar-refractivity contribution in [3.63, 3.8) is 0 Å². The summed E-state index contributed by atoms with van der Waals surface area (Å²) >= 11 is 0. The van der Waals surface area contributed by atoms with Crippen molar-refractivity contribution in [1.82, 2.24) is 0 Å². The molecule has 4 nitrogen and oxygen atoms in total. The molecule has 1 atom stereocenters. The van der Waals surface area contributed by atoms with Crippen molar-refractivity contribution in [2.24, 2.45) is 5.73 Å². The first-order chi connectivity index (χ1) is 7.51. The monoisotopic (exact) mass is 238 g/mol. The molecule has 0 spiro atoms. The number of rotatable bonds is 4. The van der Waals surface area contributed by atoms with Crippen LogP contribution in [0.4, 0.5) is 0 Å². The number of nitrogens with zero attached hydrogens (tertiary/aromatic N) is 1. The first kappa shape index (κ1) is 12.7. The minimum atomic E-state index is -3.16. The van der Waals surface area contributed by atoms with E-state index < -0.39 is 9.84 Å². The molecular formula is C11H14N2O2S. The van der Waals surface area contributed by atoms with Gasteiger partial charge in [0.1, 0.15) is 0 Å². The summed E-state index contributed by atoms with van der Waals surface area (Å²) in [6, 6.07) is 8.00. The van der Waals surface area contributed by atoms with Crippen LogP contribution in [0, 0.1) is 11.3 Å². The zero-order chi connectivity index (χ0) is 12.2. The lowest BCUT2D eigenvalue weighted by atomic mass is 10.1. The lowest BCUT2D eigenvalue weighted by molar-refractivity contribution is 0.597. The highest BCUT2D eigenvalue weighted by Crippen LogP contribution is 2.17. The van der Waals surface area contributed by atoms with Crippen LogP contribution in [0.1, 0.15) is 24.9 Å². The largest absolute Gasteiger partial charge is 0.323 e. The third-order valence-electron chi connectivity index (χ3n) is 2.36. The van der Waals surface area contributed by atoms with Crippen molar-refractivity contribution in [2.75, 3.05) is 5.75 Å². The van der Waals surface area contributed by atoms with Crippen LogP contribution >= 0.6 is 0 Å². The van der Waals surface area contributed by atoms with Crippen LogP contribution in [0.5, 0.6) is 0 Å². The quantitative estimate of drug-likeness (QED) is 0.859. The molecule has 1 unspecified atom stereocenters. The minimum absolute atomic E-state index is 0.0800. The van der Waals surface area contributed by atoms with E-state index in [1.54, 1.807) is 19.1 Å². The average Bonchev–Trinajstić information content (AvgIpc) is 2.29. The molecule has 1 rings (SSSR count). The molecule has 2 N–H and O–H groups in total. The maximum atomic E-state index is 11.5. The van der Waals surface area contributed by atoms with Crippen LogP contribution in [-0.2, 0) is 9.84 Å². The van der Waals surface area contributed by atoms with Gasteiger partial charge in [0, 0.05) is 6.04 Å². The maximum Gasteiger partial charge on any atom is 0.178 e. The van der Waals surface area contributed by atoms with Crippen molar-refractivity contribution in [1.29, 1.82) is 5.26 Å². The summed E-state index contributed by atoms with van der Waals surface area (Å²) < 4.78 is 23.0. The van der Waals surface area contributed by atoms with E-state index in [0.717, 1.165) is 5.56 Å². The number of nitriles is 1. The Morgan fingerprint density at radius 2 is 1.94 bits per heavy atom. The predicted octanol–water partition coefficient (Wildman–Crippen LogP) is 1.39. The third kappa shape index (κ3) is 2.81. The predicted molar refractivity (Wildman–Crippen MR) is 61.3 cm³/mol. The summed E-state index contributed by atoms with van der Waals surface area (Å²) in [5, 5.41) is 8.49. The average molecular weight is 238 g/mol. The number of sulfone groups is 1. The standard InChI is InChI=1S/C11H14N2O2S/c1-2-16(14,15)10-5-3-9(4-6-10)11(13)7-8-12/h3-6,11H,2,7,13H2,1H3. The third-order valence-corrected chi connectivity index (χ3v) is 4.11. The van der Waals surface area contributed by atoms with E-state index >= 15 is 0 Å². The molecule has 86 valence electrons. The maximum absolute atomic E-state index is 11.5. The summed E-state index contributed by atoms with van der Waals surface area (Å²) in [6.07, 6.45) is 0.222. The molecule has 0 fully saturated rings. The van der Waals surface area contributed by atoms with E-state index in [1.165, 1.54) is 12.1 Å². The molecule has 1 aromatic rings. The van der Waals surface area contributed by atoms with Crippen LogP contribution in [0.3, 0.4) is 0 Å². The Bertz CT molecular complexity index is 486. The molecule has 0 aliphatic carbocycles. The first-order valence-corrected chi connectivity index (χ1v) is 6.61. The van der Waals surface area contributed by atoms with Gasteiger partial charge < -0.3 is 5.73 Å². The Balaban J connectivity index is 2.97. The van der Waals surface area contributed by atoms with E-state index in [-0.39, 0.29) is 18.2 Å². The fraction of sp³-hybridized carbons (Fsp3) is 0.364. The van der Waals surface area contributed by atoms with E-state index in [0.29, 0.717) is 4.90 Å². The van der Waals surface area contributed by atoms with Gasteiger partial charge in [-0.25, -0.2) is 8.42 Å². The number of hydrogen-bond acceptors (Lipinski definition) is 4. The van der Waals surface area contributed by atoms with Crippen molar-refractivity contribution in [2.45, 2.75) is 24.3 Å². The fourth-order valence-corrected chi connectivity index (χ4v) is 2.19. The van der Waals surface area contributed by atoms with Gasteiger partial charge in [0.05, 0.1) is 23.1 Å². The SMILES string of the molecule is CCS(=O)(=O)c1ccc(C(N)CC#N)cc1. The fourth-order valence-electron chi connectivity index (χ4n) is 1.31. The van der Waals surface area contributed by atoms with Crippen LogP contribution in [-0.4, -0.2) is 14.2 Å². The van der Waals surface area contributed by atoms with Gasteiger partial charge >= 0.3 is 0 Å². The Morgan fingerprint density at radius 1 is 1.38 bits per heavy atom. The highest BCUT2D eigenvalue weighted by Gasteiger charge is 2.12. The summed E-state index contributed by atoms with van der Waals surface area (Å²) in [5.41, 5.74) is 6.50. The second-order valence-electron chi connectivity index (χ2n) is 3.44. The van der Waals surface area contributed by atoms with Crippen molar-refractivity contribution < 1.29 is 8.42 Å². The summed E-state index contributed by atoms with van der Waals surface area (Å²) in [6.45, 7) is 1.60. The van der Waals surface area contributed by atoms with Crippen LogP contribution < -0.4 is 5.73 Å². The Morgan fingerprint density at radius 3 is 2.38 bits per heavy atom. The molecule has 0 heterocycles. The summed E-state index contributed by atoms with van der Waals surface area (Å²) in [7, 11) is -3.16. The second-order valence-corrected chi connectivity index (χ2v) is 5.72. The van der Waals surface area contributed by atoms with Gasteiger partial charge in [0.2, 0.25) is 0 Å². The smallest absolute Gasteiger partial charge is 0.178 e. The lowest BCUT2D eigenvalue weighted by Gasteiger charge is -2.08. The molecule has 16 heavy (non-hydrogen) atoms. The molecule has 0 amide bonds. The van der Waals surface area contributed by atoms with Gasteiger partial charge in [0.25, 0.3) is 0 Å². The zero-order valence-electron chi connectivity index (χ0n) is 9.05. The van der Waals surface area contributed by atoms with Gasteiger partial charge in [0.15, 0.2) is 9.84 Å². The van der Waals surface area contributed by atoms with Gasteiger partial charge in [-0.3, -0.25) is 0 Å². The van der Waals surface area contributed by atoms with E-state index in [4.69, 9.17) is 11.0 Å². The molecular weight excluding hydrogens is 224 g/mol. The molecule has 5 heteroatoms. The summed E-state index contributed by atoms with van der Waals surface area (Å²) in [4.78, 5) is 0.294. The Kier molecular flexibility index (Phi) is 4.05. The van der Waals surface area contributed by atoms with Crippen molar-refractivity contribution in [3.8, 4) is 6.07 Å². The lowest BCUT2D eigenvalue weighted by Crippen LogP contribution is -2.10. The molecule has 0 aromatic heterocycles. The molecule has 0 bridgehead atoms. The van der Waals surface area contributed by atoms with Crippen LogP contribution in [0.25, 0.3) is 0 Å². The molecule has 0 saturated carbocycles. The van der Waals surface area contributed by atoms with Gasteiger partial charge in [-0.05, 0) is 17.7 Å². The molecule has 0 saturated heterocycles. The van der Waals surface area contributed by atoms with E-state index in [9.17, 15) is 8.42 Å². The molecule has 0 aliphatic heterocycles. The van der Waals surface area contributed by atoms with Gasteiger partial charge in [-0.2, -0.15) is 5.26 Å². The second kappa shape index (κ2) is 5.10. The van der Waals surface area contributed by atoms with E-state index in [1.807, 2.05) is 6.07 Å². The zero-order valence-corrected chi connectivity index (χ0v) is 9.87. The van der Waals surface area contributed by atoms with E-state index in [2.05, 4.69) is 0 Å². The van der Waals surface area contributed by atoms with Crippen LogP contribution in [0.2, 0.25) is 0 Å². The molecule has 0 aliphatic rings. The summed E-state index contributed by atoms with van der Waals surface area (Å²) in [5.74, 6) is 0.0800. The Hall–Kier alpha value is -1.38. The minimum Gasteiger partial charge on any atom is -0.323 e. The van der Waals surface area contributed by atoms with Crippen molar-refractivity contribution in [3.05, 3.63) is 29.8 Å². The number of hydrogen-bond donors (Lipinski definition) is 1.